The Morgan fingerprint density at radius 3 is 2.46 bits per heavy atom. The highest BCUT2D eigenvalue weighted by molar-refractivity contribution is 5.94. The molecule has 0 spiro atoms. The number of rotatable bonds is 3. The van der Waals surface area contributed by atoms with E-state index in [1.807, 2.05) is 45.4 Å². The molecule has 0 radical (unpaired) electrons. The van der Waals surface area contributed by atoms with E-state index in [4.69, 9.17) is 1.37 Å². The van der Waals surface area contributed by atoms with Crippen molar-refractivity contribution in [3.05, 3.63) is 64.1 Å². The molecule has 1 heterocycles. The standard InChI is InChI=1S/C24H29FN/c1-8-14(2)19-9-10-21-20(13-19)12-17(5)26(7)24(21)22-18(6)15(3)11-16(4)23(22)25/h9-14H,8H2,1-7H3/q+1/i12D. The average molecular weight is 352 g/mol. The minimum atomic E-state index is -0.168. The van der Waals surface area contributed by atoms with E-state index in [0.29, 0.717) is 23.1 Å². The molecule has 1 aromatic heterocycles. The van der Waals surface area contributed by atoms with E-state index in [9.17, 15) is 0 Å². The van der Waals surface area contributed by atoms with Gasteiger partial charge in [-0.2, -0.15) is 4.57 Å². The summed E-state index contributed by atoms with van der Waals surface area (Å²) in [6.45, 7) is 12.1. The van der Waals surface area contributed by atoms with E-state index < -0.39 is 0 Å². The Morgan fingerprint density at radius 2 is 1.81 bits per heavy atom. The molecule has 0 amide bonds. The van der Waals surface area contributed by atoms with Crippen LogP contribution >= 0.6 is 0 Å². The number of fused-ring (bicyclic) bond motifs is 1. The highest BCUT2D eigenvalue weighted by atomic mass is 19.1. The molecule has 2 aromatic carbocycles. The summed E-state index contributed by atoms with van der Waals surface area (Å²) >= 11 is 0. The third-order valence-corrected chi connectivity index (χ3v) is 5.84. The number of nitrogens with zero attached hydrogens (tertiary/aromatic N) is 1. The maximum absolute atomic E-state index is 15.3. The summed E-state index contributed by atoms with van der Waals surface area (Å²) in [5.41, 5.74) is 6.28. The maximum atomic E-state index is 15.3. The quantitative estimate of drug-likeness (QED) is 0.493. The highest BCUT2D eigenvalue weighted by Crippen LogP contribution is 2.35. The first-order valence-corrected chi connectivity index (χ1v) is 9.38. The third kappa shape index (κ3) is 2.92. The molecular formula is C24H29FN+. The van der Waals surface area contributed by atoms with Crippen molar-refractivity contribution in [2.75, 3.05) is 0 Å². The van der Waals surface area contributed by atoms with E-state index in [0.717, 1.165) is 39.7 Å². The van der Waals surface area contributed by atoms with Gasteiger partial charge in [0, 0.05) is 13.0 Å². The topological polar surface area (TPSA) is 3.88 Å². The Balaban J connectivity index is 2.48. The molecule has 2 heteroatoms. The van der Waals surface area contributed by atoms with Gasteiger partial charge >= 0.3 is 0 Å². The summed E-state index contributed by atoms with van der Waals surface area (Å²) in [5.74, 6) is 0.268. The second-order valence-electron chi connectivity index (χ2n) is 7.56. The number of aryl methyl sites for hydroxylation is 2. The summed E-state index contributed by atoms with van der Waals surface area (Å²) in [6.07, 6.45) is 1.05. The lowest BCUT2D eigenvalue weighted by Crippen LogP contribution is -2.35. The first-order chi connectivity index (χ1) is 12.7. The zero-order chi connectivity index (χ0) is 20.0. The monoisotopic (exact) mass is 351 g/mol. The minimum Gasteiger partial charge on any atom is -0.206 e. The predicted molar refractivity (Wildman–Crippen MR) is 108 cm³/mol. The van der Waals surface area contributed by atoms with Gasteiger partial charge in [-0.15, -0.1) is 0 Å². The number of halogens is 1. The van der Waals surface area contributed by atoms with Crippen LogP contribution in [0.5, 0.6) is 0 Å². The van der Waals surface area contributed by atoms with Crippen LogP contribution in [-0.4, -0.2) is 0 Å². The van der Waals surface area contributed by atoms with Crippen molar-refractivity contribution in [1.29, 1.82) is 0 Å². The Labute approximate surface area is 157 Å². The zero-order valence-corrected chi connectivity index (χ0v) is 16.9. The molecule has 3 rings (SSSR count). The van der Waals surface area contributed by atoms with Crippen LogP contribution in [0.25, 0.3) is 22.0 Å². The van der Waals surface area contributed by atoms with Crippen molar-refractivity contribution < 1.29 is 10.3 Å². The number of pyridine rings is 1. The van der Waals surface area contributed by atoms with Crippen molar-refractivity contribution in [2.45, 2.75) is 53.9 Å². The summed E-state index contributed by atoms with van der Waals surface area (Å²) in [5, 5.41) is 1.84. The highest BCUT2D eigenvalue weighted by Gasteiger charge is 2.25. The molecule has 26 heavy (non-hydrogen) atoms. The lowest BCUT2D eigenvalue weighted by Gasteiger charge is -2.15. The predicted octanol–water partition coefficient (Wildman–Crippen LogP) is 6.22. The fourth-order valence-electron chi connectivity index (χ4n) is 3.68. The molecule has 0 fully saturated rings. The van der Waals surface area contributed by atoms with Gasteiger partial charge in [0.2, 0.25) is 5.69 Å². The molecule has 0 N–H and O–H groups in total. The molecule has 1 atom stereocenters. The Kier molecular flexibility index (Phi) is 4.52. The van der Waals surface area contributed by atoms with E-state index >= 15 is 4.39 Å². The van der Waals surface area contributed by atoms with Gasteiger partial charge in [0.25, 0.3) is 0 Å². The van der Waals surface area contributed by atoms with Gasteiger partial charge in [-0.05, 0) is 66.8 Å². The Morgan fingerprint density at radius 1 is 1.12 bits per heavy atom. The van der Waals surface area contributed by atoms with Crippen LogP contribution in [0.15, 0.2) is 30.3 Å². The average Bonchev–Trinajstić information content (AvgIpc) is 2.66. The fraction of sp³-hybridized carbons (Fsp3) is 0.375. The number of hydrogen-bond acceptors (Lipinski definition) is 0. The van der Waals surface area contributed by atoms with Crippen LogP contribution in [0.1, 0.15) is 55.5 Å². The van der Waals surface area contributed by atoms with Crippen molar-refractivity contribution in [2.24, 2.45) is 7.05 Å². The molecular weight excluding hydrogens is 321 g/mol. The molecule has 0 aliphatic heterocycles. The van der Waals surface area contributed by atoms with Gasteiger partial charge in [-0.1, -0.05) is 32.0 Å². The maximum Gasteiger partial charge on any atom is 0.223 e. The Bertz CT molecular complexity index is 1030. The molecule has 0 saturated carbocycles. The van der Waals surface area contributed by atoms with Crippen LogP contribution in [0.2, 0.25) is 0 Å². The van der Waals surface area contributed by atoms with E-state index in [1.165, 1.54) is 5.56 Å². The SMILES string of the molecule is [2H]c1c(C)[n+](C)c(-c2c(C)c(C)cc(C)c2F)c2ccc(C(C)CC)cc12. The molecule has 0 bridgehead atoms. The number of benzene rings is 2. The van der Waals surface area contributed by atoms with Gasteiger partial charge in [0.15, 0.2) is 5.69 Å². The normalized spacial score (nSPS) is 13.2. The van der Waals surface area contributed by atoms with E-state index in [-0.39, 0.29) is 5.82 Å². The van der Waals surface area contributed by atoms with Crippen LogP contribution in [0.4, 0.5) is 4.39 Å². The van der Waals surface area contributed by atoms with Crippen molar-refractivity contribution in [1.82, 2.24) is 0 Å². The second kappa shape index (κ2) is 6.83. The first-order valence-electron chi connectivity index (χ1n) is 9.88. The largest absolute Gasteiger partial charge is 0.223 e. The van der Waals surface area contributed by atoms with Gasteiger partial charge < -0.3 is 0 Å². The molecule has 0 saturated heterocycles. The molecule has 1 unspecified atom stereocenters. The van der Waals surface area contributed by atoms with Crippen LogP contribution in [0, 0.1) is 33.5 Å². The smallest absolute Gasteiger partial charge is 0.206 e. The summed E-state index contributed by atoms with van der Waals surface area (Å²) in [7, 11) is 1.93. The van der Waals surface area contributed by atoms with Crippen LogP contribution < -0.4 is 4.57 Å². The number of hydrogen-bond donors (Lipinski definition) is 0. The summed E-state index contributed by atoms with van der Waals surface area (Å²) in [6, 6.07) is 8.75. The van der Waals surface area contributed by atoms with Gasteiger partial charge in [-0.3, -0.25) is 0 Å². The summed E-state index contributed by atoms with van der Waals surface area (Å²) < 4.78 is 25.9. The van der Waals surface area contributed by atoms with Gasteiger partial charge in [0.05, 0.1) is 12.3 Å². The van der Waals surface area contributed by atoms with Gasteiger partial charge in [-0.25, -0.2) is 4.39 Å². The molecule has 0 aliphatic rings. The lowest BCUT2D eigenvalue weighted by molar-refractivity contribution is -0.665. The van der Waals surface area contributed by atoms with Crippen molar-refractivity contribution >= 4 is 10.8 Å². The van der Waals surface area contributed by atoms with E-state index in [1.54, 1.807) is 0 Å². The molecule has 3 aromatic rings. The number of aromatic nitrogens is 1. The van der Waals surface area contributed by atoms with Gasteiger partial charge in [0.1, 0.15) is 12.9 Å². The second-order valence-corrected chi connectivity index (χ2v) is 7.56. The Hall–Kier alpha value is -2.22. The zero-order valence-electron chi connectivity index (χ0n) is 17.9. The first kappa shape index (κ1) is 17.2. The fourth-order valence-corrected chi connectivity index (χ4v) is 3.68. The van der Waals surface area contributed by atoms with Crippen molar-refractivity contribution in [3.8, 4) is 11.3 Å². The lowest BCUT2D eigenvalue weighted by atomic mass is 9.91. The third-order valence-electron chi connectivity index (χ3n) is 5.84. The molecule has 136 valence electrons. The van der Waals surface area contributed by atoms with Crippen molar-refractivity contribution in [3.63, 3.8) is 0 Å². The minimum absolute atomic E-state index is 0.168. The van der Waals surface area contributed by atoms with Crippen LogP contribution in [0.3, 0.4) is 0 Å². The molecule has 0 aliphatic carbocycles. The van der Waals surface area contributed by atoms with E-state index in [2.05, 4.69) is 32.0 Å². The molecule has 1 nitrogen and oxygen atoms in total. The summed E-state index contributed by atoms with van der Waals surface area (Å²) in [4.78, 5) is 0. The van der Waals surface area contributed by atoms with Crippen LogP contribution in [-0.2, 0) is 7.05 Å².